The average molecular weight is 494 g/mol. The predicted octanol–water partition coefficient (Wildman–Crippen LogP) is 4.99. The second-order valence-corrected chi connectivity index (χ2v) is 5.73. The second-order valence-electron chi connectivity index (χ2n) is 5.73. The van der Waals surface area contributed by atoms with E-state index in [1.165, 1.54) is 0 Å². The minimum absolute atomic E-state index is 0. The minimum Gasteiger partial charge on any atom is -0.386 e. The van der Waals surface area contributed by atoms with Gasteiger partial charge in [-0.2, -0.15) is 0 Å². The van der Waals surface area contributed by atoms with Crippen LogP contribution in [0.3, 0.4) is 0 Å². The van der Waals surface area contributed by atoms with Crippen molar-refractivity contribution in [3.8, 4) is 0 Å². The third-order valence-corrected chi connectivity index (χ3v) is 4.20. The van der Waals surface area contributed by atoms with Crippen molar-refractivity contribution in [3.63, 3.8) is 0 Å². The predicted molar refractivity (Wildman–Crippen MR) is 97.6 cm³/mol. The molecule has 0 aliphatic heterocycles. The largest absolute Gasteiger partial charge is 0.386 e. The normalized spacial score (nSPS) is 10.3. The van der Waals surface area contributed by atoms with Gasteiger partial charge in [0.2, 0.25) is 0 Å². The van der Waals surface area contributed by atoms with Crippen molar-refractivity contribution in [2.24, 2.45) is 0 Å². The molecule has 0 aliphatic carbocycles. The molecule has 4 aromatic rings. The van der Waals surface area contributed by atoms with E-state index in [1.54, 1.807) is 24.3 Å². The quantitative estimate of drug-likeness (QED) is 0.292. The average Bonchev–Trinajstić information content (AvgIpc) is 2.67. The van der Waals surface area contributed by atoms with Crippen LogP contribution >= 0.6 is 0 Å². The van der Waals surface area contributed by atoms with Crippen LogP contribution in [-0.4, -0.2) is 11.9 Å². The van der Waals surface area contributed by atoms with Crippen molar-refractivity contribution >= 4 is 33.5 Å². The third kappa shape index (κ3) is 3.51. The Morgan fingerprint density at radius 2 is 0.923 bits per heavy atom. The Morgan fingerprint density at radius 1 is 0.538 bits per heavy atom. The summed E-state index contributed by atoms with van der Waals surface area (Å²) in [6, 6.07) is 25.7. The minimum atomic E-state index is -0.644. The van der Waals surface area contributed by atoms with Gasteiger partial charge in [0, 0.05) is 37.3 Å². The molecule has 0 N–H and O–H groups in total. The maximum Gasteiger partial charge on any atom is 0.346 e. The molecular formula is C22H14ErO3. The van der Waals surface area contributed by atoms with Crippen LogP contribution in [0.15, 0.2) is 84.9 Å². The van der Waals surface area contributed by atoms with E-state index in [-0.39, 0.29) is 37.3 Å². The van der Waals surface area contributed by atoms with E-state index >= 15 is 0 Å². The van der Waals surface area contributed by atoms with E-state index in [0.29, 0.717) is 11.1 Å². The fraction of sp³-hybridized carbons (Fsp3) is 0. The first-order valence-electron chi connectivity index (χ1n) is 7.96. The molecule has 26 heavy (non-hydrogen) atoms. The van der Waals surface area contributed by atoms with Crippen LogP contribution in [0.5, 0.6) is 0 Å². The van der Waals surface area contributed by atoms with Crippen LogP contribution in [-0.2, 0) is 4.74 Å². The Bertz CT molecular complexity index is 1020. The zero-order chi connectivity index (χ0) is 17.2. The van der Waals surface area contributed by atoms with Gasteiger partial charge < -0.3 is 4.74 Å². The van der Waals surface area contributed by atoms with E-state index in [1.807, 2.05) is 60.7 Å². The van der Waals surface area contributed by atoms with Crippen molar-refractivity contribution in [1.82, 2.24) is 0 Å². The summed E-state index contributed by atoms with van der Waals surface area (Å²) in [4.78, 5) is 25.1. The number of hydrogen-bond donors (Lipinski definition) is 0. The molecule has 0 amide bonds. The van der Waals surface area contributed by atoms with Gasteiger partial charge in [-0.3, -0.25) is 0 Å². The third-order valence-electron chi connectivity index (χ3n) is 4.20. The van der Waals surface area contributed by atoms with Gasteiger partial charge in [-0.25, -0.2) is 9.59 Å². The molecular weight excluding hydrogens is 479 g/mol. The van der Waals surface area contributed by atoms with Gasteiger partial charge in [-0.15, -0.1) is 0 Å². The molecule has 3 nitrogen and oxygen atoms in total. The molecule has 4 rings (SSSR count). The first-order valence-corrected chi connectivity index (χ1v) is 7.96. The summed E-state index contributed by atoms with van der Waals surface area (Å²) in [7, 11) is 0. The summed E-state index contributed by atoms with van der Waals surface area (Å²) in [6.45, 7) is 0. The number of fused-ring (bicyclic) bond motifs is 2. The van der Waals surface area contributed by atoms with Crippen molar-refractivity contribution in [2.75, 3.05) is 0 Å². The summed E-state index contributed by atoms with van der Waals surface area (Å²) in [5, 5.41) is 3.38. The number of benzene rings is 4. The van der Waals surface area contributed by atoms with Crippen molar-refractivity contribution in [3.05, 3.63) is 96.1 Å². The molecule has 0 atom stereocenters. The number of carbonyl (C=O) groups excluding carboxylic acids is 2. The monoisotopic (exact) mass is 492 g/mol. The van der Waals surface area contributed by atoms with E-state index < -0.39 is 11.9 Å². The Balaban J connectivity index is 0.00000196. The van der Waals surface area contributed by atoms with Gasteiger partial charge >= 0.3 is 11.9 Å². The second kappa shape index (κ2) is 7.99. The van der Waals surface area contributed by atoms with Gasteiger partial charge in [0.05, 0.1) is 11.1 Å². The maximum absolute atomic E-state index is 12.5. The van der Waals surface area contributed by atoms with Crippen LogP contribution in [0.2, 0.25) is 0 Å². The van der Waals surface area contributed by atoms with Gasteiger partial charge in [0.25, 0.3) is 0 Å². The van der Waals surface area contributed by atoms with Crippen LogP contribution in [0.25, 0.3) is 21.5 Å². The molecule has 0 heterocycles. The molecule has 0 saturated heterocycles. The molecule has 4 aromatic carbocycles. The van der Waals surface area contributed by atoms with E-state index in [9.17, 15) is 9.59 Å². The Labute approximate surface area is 180 Å². The summed E-state index contributed by atoms with van der Waals surface area (Å²) in [6.07, 6.45) is 0. The molecule has 0 fully saturated rings. The van der Waals surface area contributed by atoms with E-state index in [2.05, 4.69) is 0 Å². The zero-order valence-electron chi connectivity index (χ0n) is 13.6. The Kier molecular flexibility index (Phi) is 5.71. The van der Waals surface area contributed by atoms with E-state index in [0.717, 1.165) is 21.5 Å². The summed E-state index contributed by atoms with van der Waals surface area (Å²) >= 11 is 0. The molecule has 0 saturated carbocycles. The molecule has 0 bridgehead atoms. The molecule has 0 unspecified atom stereocenters. The summed E-state index contributed by atoms with van der Waals surface area (Å²) in [5.41, 5.74) is 0.762. The molecule has 0 aromatic heterocycles. The van der Waals surface area contributed by atoms with Crippen LogP contribution < -0.4 is 0 Å². The Morgan fingerprint density at radius 3 is 1.38 bits per heavy atom. The van der Waals surface area contributed by atoms with Gasteiger partial charge in [-0.05, 0) is 33.7 Å². The fourth-order valence-corrected chi connectivity index (χ4v) is 3.00. The zero-order valence-corrected chi connectivity index (χ0v) is 15.4. The topological polar surface area (TPSA) is 43.4 Å². The van der Waals surface area contributed by atoms with Crippen LogP contribution in [0.1, 0.15) is 20.7 Å². The summed E-state index contributed by atoms with van der Waals surface area (Å²) < 4.78 is 5.16. The molecule has 0 spiro atoms. The van der Waals surface area contributed by atoms with Crippen molar-refractivity contribution in [2.45, 2.75) is 0 Å². The van der Waals surface area contributed by atoms with Crippen LogP contribution in [0, 0.1) is 37.3 Å². The number of ether oxygens (including phenoxy) is 1. The fourth-order valence-electron chi connectivity index (χ4n) is 3.00. The maximum atomic E-state index is 12.5. The number of rotatable bonds is 2. The van der Waals surface area contributed by atoms with Crippen LogP contribution in [0.4, 0.5) is 0 Å². The first-order chi connectivity index (χ1) is 12.2. The number of carbonyl (C=O) groups is 2. The number of hydrogen-bond acceptors (Lipinski definition) is 3. The van der Waals surface area contributed by atoms with Gasteiger partial charge in [0.1, 0.15) is 0 Å². The van der Waals surface area contributed by atoms with Gasteiger partial charge in [-0.1, -0.05) is 72.8 Å². The molecule has 0 aliphatic rings. The smallest absolute Gasteiger partial charge is 0.346 e. The first kappa shape index (κ1) is 18.6. The molecule has 132 valence electrons. The number of esters is 2. The molecule has 0 radical (unpaired) electrons. The summed E-state index contributed by atoms with van der Waals surface area (Å²) in [5.74, 6) is -1.29. The van der Waals surface area contributed by atoms with Crippen molar-refractivity contribution < 1.29 is 51.6 Å². The standard InChI is InChI=1S/C22H14O3.Er/c23-21(19-13-5-9-15-7-1-3-11-17(15)19)25-22(24)20-14-6-10-16-8-2-4-12-18(16)20;/h1-14H;. The van der Waals surface area contributed by atoms with Gasteiger partial charge in [0.15, 0.2) is 0 Å². The van der Waals surface area contributed by atoms with Crippen molar-refractivity contribution in [1.29, 1.82) is 0 Å². The van der Waals surface area contributed by atoms with E-state index in [4.69, 9.17) is 4.74 Å². The molecule has 4 heteroatoms. The Hall–Kier alpha value is -2.21. The SMILES string of the molecule is O=C(OC(=O)c1cccc2ccccc12)c1cccc2ccccc12.[Er].